The Morgan fingerprint density at radius 3 is 2.37 bits per heavy atom. The molecular weight excluding hydrogens is 407 g/mol. The highest BCUT2D eigenvalue weighted by Gasteiger charge is 2.08. The molecule has 4 nitrogen and oxygen atoms in total. The molecule has 0 saturated carbocycles. The monoisotopic (exact) mass is 426 g/mol. The molecule has 0 aromatic heterocycles. The minimum absolute atomic E-state index is 0.121. The van der Waals surface area contributed by atoms with E-state index in [2.05, 4.69) is 0 Å². The van der Waals surface area contributed by atoms with Crippen molar-refractivity contribution in [2.75, 3.05) is 14.2 Å². The van der Waals surface area contributed by atoms with Crippen LogP contribution in [0, 0.1) is 5.82 Å². The summed E-state index contributed by atoms with van der Waals surface area (Å²) in [6.07, 6.45) is 3.23. The minimum Gasteiger partial charge on any atom is -0.497 e. The summed E-state index contributed by atoms with van der Waals surface area (Å²) in [4.78, 5) is 12.4. The Morgan fingerprint density at radius 1 is 0.967 bits per heavy atom. The van der Waals surface area contributed by atoms with Crippen molar-refractivity contribution in [3.8, 4) is 17.2 Å². The van der Waals surface area contributed by atoms with Crippen LogP contribution in [-0.2, 0) is 6.61 Å². The van der Waals surface area contributed by atoms with Gasteiger partial charge in [-0.3, -0.25) is 4.79 Å². The minimum atomic E-state index is -0.432. The fourth-order valence-corrected chi connectivity index (χ4v) is 3.01. The van der Waals surface area contributed by atoms with Crippen LogP contribution in [0.5, 0.6) is 17.2 Å². The Balaban J connectivity index is 1.74. The second-order valence-corrected chi connectivity index (χ2v) is 6.77. The molecule has 0 amide bonds. The highest BCUT2D eigenvalue weighted by Crippen LogP contribution is 2.28. The SMILES string of the molecule is COc1ccc(C(=O)/C=C/c2ccc(OC)c(COc3ccc(F)cc3Cl)c2)cc1. The highest BCUT2D eigenvalue weighted by molar-refractivity contribution is 6.32. The third-order valence-corrected chi connectivity index (χ3v) is 4.68. The van der Waals surface area contributed by atoms with Gasteiger partial charge in [0.15, 0.2) is 5.78 Å². The van der Waals surface area contributed by atoms with Gasteiger partial charge in [0.2, 0.25) is 0 Å². The Kier molecular flexibility index (Phi) is 7.09. The molecule has 0 N–H and O–H groups in total. The summed E-state index contributed by atoms with van der Waals surface area (Å²) in [5, 5.41) is 0.190. The van der Waals surface area contributed by atoms with Gasteiger partial charge in [0, 0.05) is 11.1 Å². The number of hydrogen-bond donors (Lipinski definition) is 0. The Labute approximate surface area is 179 Å². The van der Waals surface area contributed by atoms with Crippen LogP contribution in [0.2, 0.25) is 5.02 Å². The molecule has 3 rings (SSSR count). The Morgan fingerprint density at radius 2 is 1.70 bits per heavy atom. The van der Waals surface area contributed by atoms with Gasteiger partial charge >= 0.3 is 0 Å². The number of carbonyl (C=O) groups excluding carboxylic acids is 1. The first-order valence-corrected chi connectivity index (χ1v) is 9.49. The lowest BCUT2D eigenvalue weighted by Crippen LogP contribution is -2.00. The lowest BCUT2D eigenvalue weighted by Gasteiger charge is -2.12. The molecule has 0 atom stereocenters. The number of halogens is 2. The van der Waals surface area contributed by atoms with Crippen molar-refractivity contribution < 1.29 is 23.4 Å². The topological polar surface area (TPSA) is 44.8 Å². The van der Waals surface area contributed by atoms with E-state index in [1.807, 2.05) is 12.1 Å². The third kappa shape index (κ3) is 5.39. The van der Waals surface area contributed by atoms with Crippen LogP contribution in [-0.4, -0.2) is 20.0 Å². The van der Waals surface area contributed by atoms with E-state index in [-0.39, 0.29) is 17.4 Å². The average molecular weight is 427 g/mol. The van der Waals surface area contributed by atoms with Crippen molar-refractivity contribution in [1.29, 1.82) is 0 Å². The number of allylic oxidation sites excluding steroid dienone is 1. The number of ether oxygens (including phenoxy) is 3. The zero-order valence-corrected chi connectivity index (χ0v) is 17.3. The fourth-order valence-electron chi connectivity index (χ4n) is 2.79. The maximum Gasteiger partial charge on any atom is 0.185 e. The van der Waals surface area contributed by atoms with E-state index in [4.69, 9.17) is 25.8 Å². The molecule has 0 aliphatic carbocycles. The van der Waals surface area contributed by atoms with E-state index in [0.29, 0.717) is 22.8 Å². The van der Waals surface area contributed by atoms with Gasteiger partial charge in [0.05, 0.1) is 19.2 Å². The molecule has 0 spiro atoms. The molecule has 0 aliphatic heterocycles. The molecule has 30 heavy (non-hydrogen) atoms. The molecule has 6 heteroatoms. The number of rotatable bonds is 8. The second-order valence-electron chi connectivity index (χ2n) is 6.36. The Bertz CT molecular complexity index is 1060. The maximum atomic E-state index is 13.2. The summed E-state index contributed by atoms with van der Waals surface area (Å²) in [5.74, 6) is 1.14. The van der Waals surface area contributed by atoms with Crippen LogP contribution in [0.25, 0.3) is 6.08 Å². The number of methoxy groups -OCH3 is 2. The molecular formula is C24H20ClFO4. The van der Waals surface area contributed by atoms with Gasteiger partial charge < -0.3 is 14.2 Å². The largest absolute Gasteiger partial charge is 0.497 e. The van der Waals surface area contributed by atoms with Gasteiger partial charge in [-0.05, 0) is 66.2 Å². The number of ketones is 1. The van der Waals surface area contributed by atoms with Crippen molar-refractivity contribution in [3.63, 3.8) is 0 Å². The standard InChI is InChI=1S/C24H20ClFO4/c1-28-20-8-5-17(6-9-20)22(27)10-3-16-4-11-23(29-2)18(13-16)15-30-24-12-7-19(26)14-21(24)25/h3-14H,15H2,1-2H3/b10-3+. The van der Waals surface area contributed by atoms with Crippen LogP contribution in [0.1, 0.15) is 21.5 Å². The van der Waals surface area contributed by atoms with Gasteiger partial charge in [-0.1, -0.05) is 23.7 Å². The fraction of sp³-hybridized carbons (Fsp3) is 0.125. The van der Waals surface area contributed by atoms with E-state index in [1.54, 1.807) is 50.6 Å². The number of benzene rings is 3. The summed E-state index contributed by atoms with van der Waals surface area (Å²) in [6.45, 7) is 0.169. The average Bonchev–Trinajstić information content (AvgIpc) is 2.77. The van der Waals surface area contributed by atoms with Crippen LogP contribution < -0.4 is 14.2 Å². The van der Waals surface area contributed by atoms with Gasteiger partial charge in [-0.2, -0.15) is 0 Å². The molecule has 0 unspecified atom stereocenters. The number of hydrogen-bond acceptors (Lipinski definition) is 4. The lowest BCUT2D eigenvalue weighted by atomic mass is 10.1. The smallest absolute Gasteiger partial charge is 0.185 e. The molecule has 154 valence electrons. The van der Waals surface area contributed by atoms with E-state index < -0.39 is 5.82 Å². The van der Waals surface area contributed by atoms with Crippen molar-refractivity contribution in [2.45, 2.75) is 6.61 Å². The quantitative estimate of drug-likeness (QED) is 0.329. The van der Waals surface area contributed by atoms with E-state index >= 15 is 0 Å². The van der Waals surface area contributed by atoms with Gasteiger partial charge in [-0.25, -0.2) is 4.39 Å². The summed E-state index contributed by atoms with van der Waals surface area (Å²) in [7, 11) is 3.14. The van der Waals surface area contributed by atoms with Crippen molar-refractivity contribution >= 4 is 23.5 Å². The third-order valence-electron chi connectivity index (χ3n) is 4.38. The second kappa shape index (κ2) is 9.94. The number of carbonyl (C=O) groups is 1. The summed E-state index contributed by atoms with van der Waals surface area (Å²) >= 11 is 6.01. The molecule has 3 aromatic rings. The zero-order valence-electron chi connectivity index (χ0n) is 16.5. The molecule has 0 saturated heterocycles. The van der Waals surface area contributed by atoms with Crippen molar-refractivity contribution in [1.82, 2.24) is 0 Å². The van der Waals surface area contributed by atoms with Crippen molar-refractivity contribution in [3.05, 3.63) is 94.3 Å². The van der Waals surface area contributed by atoms with Crippen molar-refractivity contribution in [2.24, 2.45) is 0 Å². The summed E-state index contributed by atoms with van der Waals surface area (Å²) in [6, 6.07) is 16.3. The molecule has 0 aliphatic rings. The molecule has 0 bridgehead atoms. The predicted octanol–water partition coefficient (Wildman–Crippen LogP) is 5.97. The normalized spacial score (nSPS) is 10.8. The lowest BCUT2D eigenvalue weighted by molar-refractivity contribution is 0.104. The summed E-state index contributed by atoms with van der Waals surface area (Å²) < 4.78 is 29.4. The molecule has 0 fully saturated rings. The highest BCUT2D eigenvalue weighted by atomic mass is 35.5. The summed E-state index contributed by atoms with van der Waals surface area (Å²) in [5.41, 5.74) is 2.13. The Hall–Kier alpha value is -3.31. The first kappa shape index (κ1) is 21.4. The molecule has 3 aromatic carbocycles. The van der Waals surface area contributed by atoms with Gasteiger partial charge in [-0.15, -0.1) is 0 Å². The molecule has 0 heterocycles. The van der Waals surface area contributed by atoms with Crippen LogP contribution >= 0.6 is 11.6 Å². The van der Waals surface area contributed by atoms with Crippen LogP contribution in [0.15, 0.2) is 66.7 Å². The van der Waals surface area contributed by atoms with Gasteiger partial charge in [0.25, 0.3) is 0 Å². The first-order valence-electron chi connectivity index (χ1n) is 9.11. The van der Waals surface area contributed by atoms with E-state index in [1.165, 1.54) is 24.3 Å². The van der Waals surface area contributed by atoms with Crippen LogP contribution in [0.4, 0.5) is 4.39 Å². The van der Waals surface area contributed by atoms with Gasteiger partial charge in [0.1, 0.15) is 29.7 Å². The zero-order chi connectivity index (χ0) is 21.5. The maximum absolute atomic E-state index is 13.2. The molecule has 0 radical (unpaired) electrons. The van der Waals surface area contributed by atoms with Crippen LogP contribution in [0.3, 0.4) is 0 Å². The van der Waals surface area contributed by atoms with E-state index in [0.717, 1.165) is 11.1 Å². The predicted molar refractivity (Wildman–Crippen MR) is 115 cm³/mol. The first-order chi connectivity index (χ1) is 14.5. The van der Waals surface area contributed by atoms with E-state index in [9.17, 15) is 9.18 Å².